The predicted molar refractivity (Wildman–Crippen MR) is 74.3 cm³/mol. The molecule has 1 N–H and O–H groups in total. The highest BCUT2D eigenvalue weighted by Crippen LogP contribution is 2.30. The van der Waals surface area contributed by atoms with Gasteiger partial charge >= 0.3 is 0 Å². The van der Waals surface area contributed by atoms with Crippen molar-refractivity contribution in [2.45, 2.75) is 37.8 Å². The minimum absolute atomic E-state index is 0.541. The number of hydrogen-bond donors (Lipinski definition) is 1. The van der Waals surface area contributed by atoms with E-state index in [0.29, 0.717) is 5.92 Å². The van der Waals surface area contributed by atoms with Gasteiger partial charge in [-0.2, -0.15) is 0 Å². The lowest BCUT2D eigenvalue weighted by atomic mass is 9.97. The molecule has 0 spiro atoms. The van der Waals surface area contributed by atoms with E-state index in [1.807, 2.05) is 6.07 Å². The van der Waals surface area contributed by atoms with E-state index in [9.17, 15) is 0 Å². The highest BCUT2D eigenvalue weighted by atomic mass is 32.1. The van der Waals surface area contributed by atoms with Crippen molar-refractivity contribution in [3.63, 3.8) is 0 Å². The summed E-state index contributed by atoms with van der Waals surface area (Å²) in [4.78, 5) is 5.81. The number of nitrogens with zero attached hydrogens (tertiary/aromatic N) is 1. The van der Waals surface area contributed by atoms with E-state index in [-0.39, 0.29) is 0 Å². The molecule has 1 atom stereocenters. The molecule has 2 fully saturated rings. The molecule has 1 aliphatic carbocycles. The van der Waals surface area contributed by atoms with Crippen LogP contribution in [0.4, 0.5) is 0 Å². The van der Waals surface area contributed by atoms with Crippen LogP contribution in [0, 0.1) is 4.64 Å². The molecule has 18 heavy (non-hydrogen) atoms. The molecule has 0 radical (unpaired) electrons. The minimum atomic E-state index is 0.541. The summed E-state index contributed by atoms with van der Waals surface area (Å²) in [6, 6.07) is 4.97. The molecule has 0 amide bonds. The van der Waals surface area contributed by atoms with Crippen LogP contribution in [-0.4, -0.2) is 36.2 Å². The molecule has 1 saturated carbocycles. The molecular weight excluding hydrogens is 244 g/mol. The Morgan fingerprint density at radius 1 is 1.39 bits per heavy atom. The van der Waals surface area contributed by atoms with E-state index in [1.54, 1.807) is 0 Å². The Labute approximate surface area is 113 Å². The molecule has 98 valence electrons. The fraction of sp³-hybridized carbons (Fsp3) is 0.643. The SMILES string of the molecule is CN(Cc1[nH]c(=S)ccc1[C@H]1CCOC1)C1CC1. The maximum atomic E-state index is 5.51. The monoisotopic (exact) mass is 264 g/mol. The van der Waals surface area contributed by atoms with Crippen molar-refractivity contribution in [2.75, 3.05) is 20.3 Å². The first kappa shape index (κ1) is 12.3. The maximum absolute atomic E-state index is 5.51. The summed E-state index contributed by atoms with van der Waals surface area (Å²) in [5, 5.41) is 0. The zero-order valence-corrected chi connectivity index (χ0v) is 11.6. The third-order valence-corrected chi connectivity index (χ3v) is 4.22. The van der Waals surface area contributed by atoms with E-state index < -0.39 is 0 Å². The fourth-order valence-corrected chi connectivity index (χ4v) is 2.91. The molecule has 4 heteroatoms. The number of ether oxygens (including phenoxy) is 1. The van der Waals surface area contributed by atoms with Crippen LogP contribution in [0.3, 0.4) is 0 Å². The topological polar surface area (TPSA) is 28.3 Å². The van der Waals surface area contributed by atoms with Gasteiger partial charge in [-0.05, 0) is 37.9 Å². The van der Waals surface area contributed by atoms with Crippen molar-refractivity contribution in [1.82, 2.24) is 9.88 Å². The molecule has 2 aliphatic rings. The molecule has 1 saturated heterocycles. The standard InChI is InChI=1S/C14H20N2OS/c1-16(11-2-3-11)8-13-12(4-5-14(18)15-13)10-6-7-17-9-10/h4-5,10-11H,2-3,6-9H2,1H3,(H,15,18)/t10-/m0/s1. The van der Waals surface area contributed by atoms with Gasteiger partial charge in [0.05, 0.1) is 6.61 Å². The van der Waals surface area contributed by atoms with Crippen molar-refractivity contribution in [2.24, 2.45) is 0 Å². The summed E-state index contributed by atoms with van der Waals surface area (Å²) in [6.45, 7) is 2.71. The van der Waals surface area contributed by atoms with Crippen LogP contribution in [0.5, 0.6) is 0 Å². The van der Waals surface area contributed by atoms with Gasteiger partial charge in [-0.25, -0.2) is 0 Å². The second-order valence-electron chi connectivity index (χ2n) is 5.46. The van der Waals surface area contributed by atoms with Crippen molar-refractivity contribution < 1.29 is 4.74 Å². The Kier molecular flexibility index (Phi) is 3.50. The summed E-state index contributed by atoms with van der Waals surface area (Å²) >= 11 is 5.26. The number of nitrogens with one attached hydrogen (secondary N) is 1. The normalized spacial score (nSPS) is 23.8. The third-order valence-electron chi connectivity index (χ3n) is 3.98. The van der Waals surface area contributed by atoms with E-state index in [2.05, 4.69) is 23.0 Å². The predicted octanol–water partition coefficient (Wildman–Crippen LogP) is 2.84. The molecule has 1 aromatic heterocycles. The Bertz CT molecular complexity index is 475. The second kappa shape index (κ2) is 5.11. The number of aromatic nitrogens is 1. The van der Waals surface area contributed by atoms with Gasteiger partial charge in [0.1, 0.15) is 4.64 Å². The zero-order chi connectivity index (χ0) is 12.5. The summed E-state index contributed by atoms with van der Waals surface area (Å²) in [6.07, 6.45) is 3.81. The summed E-state index contributed by atoms with van der Waals surface area (Å²) < 4.78 is 6.34. The van der Waals surface area contributed by atoms with Crippen LogP contribution < -0.4 is 0 Å². The van der Waals surface area contributed by atoms with Crippen molar-refractivity contribution in [1.29, 1.82) is 0 Å². The summed E-state index contributed by atoms with van der Waals surface area (Å²) in [7, 11) is 2.20. The van der Waals surface area contributed by atoms with Gasteiger partial charge in [0.15, 0.2) is 0 Å². The lowest BCUT2D eigenvalue weighted by Crippen LogP contribution is -2.22. The Morgan fingerprint density at radius 3 is 2.89 bits per heavy atom. The second-order valence-corrected chi connectivity index (χ2v) is 5.90. The fourth-order valence-electron chi connectivity index (χ4n) is 2.72. The van der Waals surface area contributed by atoms with Gasteiger partial charge in [-0.3, -0.25) is 4.90 Å². The van der Waals surface area contributed by atoms with Crippen LogP contribution in [-0.2, 0) is 11.3 Å². The molecule has 2 heterocycles. The van der Waals surface area contributed by atoms with Gasteiger partial charge in [0.25, 0.3) is 0 Å². The highest BCUT2D eigenvalue weighted by Gasteiger charge is 2.28. The Balaban J connectivity index is 1.84. The van der Waals surface area contributed by atoms with Crippen LogP contribution in [0.1, 0.15) is 36.4 Å². The number of aromatic amines is 1. The van der Waals surface area contributed by atoms with Crippen LogP contribution in [0.2, 0.25) is 0 Å². The lowest BCUT2D eigenvalue weighted by Gasteiger charge is -2.20. The first-order chi connectivity index (χ1) is 8.74. The molecule has 0 bridgehead atoms. The molecule has 0 aromatic carbocycles. The molecule has 3 nitrogen and oxygen atoms in total. The van der Waals surface area contributed by atoms with Gasteiger partial charge < -0.3 is 9.72 Å². The van der Waals surface area contributed by atoms with E-state index in [0.717, 1.165) is 36.9 Å². The molecule has 0 unspecified atom stereocenters. The van der Waals surface area contributed by atoms with Crippen molar-refractivity contribution in [3.05, 3.63) is 28.0 Å². The average molecular weight is 264 g/mol. The summed E-state index contributed by atoms with van der Waals surface area (Å²) in [5.41, 5.74) is 2.68. The van der Waals surface area contributed by atoms with Gasteiger partial charge in [0.2, 0.25) is 0 Å². The quantitative estimate of drug-likeness (QED) is 0.848. The van der Waals surface area contributed by atoms with Gasteiger partial charge in [-0.1, -0.05) is 18.3 Å². The van der Waals surface area contributed by atoms with Crippen LogP contribution in [0.25, 0.3) is 0 Å². The summed E-state index contributed by atoms with van der Waals surface area (Å²) in [5.74, 6) is 0.541. The third kappa shape index (κ3) is 2.66. The first-order valence-corrected chi connectivity index (χ1v) is 7.15. The van der Waals surface area contributed by atoms with E-state index in [4.69, 9.17) is 17.0 Å². The number of hydrogen-bond acceptors (Lipinski definition) is 3. The smallest absolute Gasteiger partial charge is 0.103 e. The molecule has 1 aliphatic heterocycles. The largest absolute Gasteiger partial charge is 0.381 e. The van der Waals surface area contributed by atoms with Crippen molar-refractivity contribution >= 4 is 12.2 Å². The number of pyridine rings is 1. The van der Waals surface area contributed by atoms with E-state index in [1.165, 1.54) is 24.1 Å². The average Bonchev–Trinajstić information content (AvgIpc) is 3.07. The van der Waals surface area contributed by atoms with Crippen LogP contribution in [0.15, 0.2) is 12.1 Å². The Hall–Kier alpha value is -0.710. The van der Waals surface area contributed by atoms with Crippen LogP contribution >= 0.6 is 12.2 Å². The van der Waals surface area contributed by atoms with Crippen molar-refractivity contribution in [3.8, 4) is 0 Å². The number of rotatable bonds is 4. The highest BCUT2D eigenvalue weighted by molar-refractivity contribution is 7.71. The first-order valence-electron chi connectivity index (χ1n) is 6.74. The van der Waals surface area contributed by atoms with E-state index >= 15 is 0 Å². The lowest BCUT2D eigenvalue weighted by molar-refractivity contribution is 0.193. The Morgan fingerprint density at radius 2 is 2.22 bits per heavy atom. The minimum Gasteiger partial charge on any atom is -0.381 e. The maximum Gasteiger partial charge on any atom is 0.103 e. The van der Waals surface area contributed by atoms with Gasteiger partial charge in [-0.15, -0.1) is 0 Å². The number of H-pyrrole nitrogens is 1. The molecular formula is C14H20N2OS. The molecule has 1 aromatic rings. The van der Waals surface area contributed by atoms with Gasteiger partial charge in [0, 0.05) is 30.8 Å². The molecule has 3 rings (SSSR count). The zero-order valence-electron chi connectivity index (χ0n) is 10.8.